The van der Waals surface area contributed by atoms with Crippen LogP contribution in [0.25, 0.3) is 0 Å². The Labute approximate surface area is 129 Å². The van der Waals surface area contributed by atoms with E-state index in [9.17, 15) is 5.26 Å². The molecular formula is C17H18N4O. The van der Waals surface area contributed by atoms with E-state index in [4.69, 9.17) is 4.52 Å². The van der Waals surface area contributed by atoms with Gasteiger partial charge in [0, 0.05) is 13.1 Å². The maximum atomic E-state index is 9.62. The van der Waals surface area contributed by atoms with Gasteiger partial charge in [0.05, 0.1) is 6.07 Å². The third-order valence-corrected chi connectivity index (χ3v) is 4.87. The molecule has 1 aromatic carbocycles. The number of nitrogens with zero attached hydrogens (tertiary/aromatic N) is 4. The molecule has 0 unspecified atom stereocenters. The summed E-state index contributed by atoms with van der Waals surface area (Å²) in [6, 6.07) is 10.8. The highest BCUT2D eigenvalue weighted by Gasteiger charge is 2.40. The Morgan fingerprint density at radius 2 is 1.77 bits per heavy atom. The number of aromatic nitrogens is 2. The van der Waals surface area contributed by atoms with E-state index in [0.717, 1.165) is 38.8 Å². The molecule has 0 spiro atoms. The van der Waals surface area contributed by atoms with Crippen molar-refractivity contribution in [2.24, 2.45) is 0 Å². The van der Waals surface area contributed by atoms with Crippen LogP contribution in [0.15, 0.2) is 28.8 Å². The van der Waals surface area contributed by atoms with E-state index in [0.29, 0.717) is 11.8 Å². The van der Waals surface area contributed by atoms with Crippen LogP contribution in [0.1, 0.15) is 49.1 Å². The maximum Gasteiger partial charge on any atom is 0.266 e. The van der Waals surface area contributed by atoms with E-state index >= 15 is 0 Å². The largest absolute Gasteiger partial charge is 0.336 e. The second-order valence-corrected chi connectivity index (χ2v) is 6.28. The quantitative estimate of drug-likeness (QED) is 0.850. The first kappa shape index (κ1) is 13.3. The summed E-state index contributed by atoms with van der Waals surface area (Å²) < 4.78 is 5.48. The van der Waals surface area contributed by atoms with Crippen molar-refractivity contribution in [3.63, 3.8) is 0 Å². The van der Waals surface area contributed by atoms with Gasteiger partial charge in [-0.1, -0.05) is 43.5 Å². The van der Waals surface area contributed by atoms with Gasteiger partial charge < -0.3 is 9.42 Å². The lowest BCUT2D eigenvalue weighted by Crippen LogP contribution is -2.27. The molecule has 1 aromatic heterocycles. The van der Waals surface area contributed by atoms with Crippen molar-refractivity contribution in [1.29, 1.82) is 5.26 Å². The molecule has 5 nitrogen and oxygen atoms in total. The normalized spacial score (nSPS) is 19.7. The van der Waals surface area contributed by atoms with Gasteiger partial charge in [-0.05, 0) is 29.1 Å². The Balaban J connectivity index is 1.59. The molecule has 0 atom stereocenters. The molecule has 22 heavy (non-hydrogen) atoms. The molecule has 2 aliphatic rings. The molecule has 2 heterocycles. The van der Waals surface area contributed by atoms with Gasteiger partial charge in [-0.15, -0.1) is 0 Å². The van der Waals surface area contributed by atoms with Crippen LogP contribution in [0.5, 0.6) is 0 Å². The smallest absolute Gasteiger partial charge is 0.266 e. The van der Waals surface area contributed by atoms with E-state index < -0.39 is 5.41 Å². The standard InChI is InChI=1S/C17H18N4O/c18-12-17(8-4-1-5-9-17)15-19-16(20-22-15)21-10-13-6-2-3-7-14(13)11-21/h2-3,6-7H,1,4-5,8-11H2. The van der Waals surface area contributed by atoms with Gasteiger partial charge in [0.2, 0.25) is 5.89 Å². The minimum Gasteiger partial charge on any atom is -0.336 e. The van der Waals surface area contributed by atoms with Crippen LogP contribution in [-0.2, 0) is 18.5 Å². The number of anilines is 1. The van der Waals surface area contributed by atoms with E-state index in [1.807, 2.05) is 0 Å². The number of rotatable bonds is 2. The number of hydrogen-bond acceptors (Lipinski definition) is 5. The van der Waals surface area contributed by atoms with E-state index in [1.54, 1.807) is 0 Å². The molecule has 0 radical (unpaired) electrons. The fraction of sp³-hybridized carbons (Fsp3) is 0.471. The van der Waals surface area contributed by atoms with Gasteiger partial charge >= 0.3 is 0 Å². The number of benzene rings is 1. The van der Waals surface area contributed by atoms with Crippen molar-refractivity contribution in [1.82, 2.24) is 10.1 Å². The third kappa shape index (κ3) is 2.07. The van der Waals surface area contributed by atoms with E-state index in [1.165, 1.54) is 17.5 Å². The summed E-state index contributed by atoms with van der Waals surface area (Å²) in [6.45, 7) is 1.60. The minimum atomic E-state index is -0.573. The SMILES string of the molecule is N#CC1(c2nc(N3Cc4ccccc4C3)no2)CCCCC1. The zero-order chi connectivity index (χ0) is 15.0. The highest BCUT2D eigenvalue weighted by Crippen LogP contribution is 2.39. The van der Waals surface area contributed by atoms with Crippen LogP contribution in [0.2, 0.25) is 0 Å². The third-order valence-electron chi connectivity index (χ3n) is 4.87. The summed E-state index contributed by atoms with van der Waals surface area (Å²) in [5, 5.41) is 13.8. The maximum absolute atomic E-state index is 9.62. The lowest BCUT2D eigenvalue weighted by Gasteiger charge is -2.26. The van der Waals surface area contributed by atoms with Crippen LogP contribution >= 0.6 is 0 Å². The lowest BCUT2D eigenvalue weighted by atomic mass is 9.75. The van der Waals surface area contributed by atoms with Gasteiger partial charge in [-0.2, -0.15) is 10.2 Å². The highest BCUT2D eigenvalue weighted by molar-refractivity contribution is 5.43. The molecule has 5 heteroatoms. The Bertz CT molecular complexity index is 699. The van der Waals surface area contributed by atoms with Crippen molar-refractivity contribution in [2.45, 2.75) is 50.6 Å². The van der Waals surface area contributed by atoms with Crippen molar-refractivity contribution < 1.29 is 4.52 Å². The van der Waals surface area contributed by atoms with Gasteiger partial charge in [0.1, 0.15) is 5.41 Å². The van der Waals surface area contributed by atoms with Crippen LogP contribution in [0.3, 0.4) is 0 Å². The van der Waals surface area contributed by atoms with Crippen LogP contribution in [0.4, 0.5) is 5.95 Å². The summed E-state index contributed by atoms with van der Waals surface area (Å²) in [7, 11) is 0. The summed E-state index contributed by atoms with van der Waals surface area (Å²) in [4.78, 5) is 6.67. The summed E-state index contributed by atoms with van der Waals surface area (Å²) in [6.07, 6.45) is 4.95. The van der Waals surface area contributed by atoms with E-state index in [2.05, 4.69) is 45.4 Å². The molecule has 0 amide bonds. The molecule has 1 fully saturated rings. The van der Waals surface area contributed by atoms with Crippen LogP contribution < -0.4 is 4.90 Å². The molecule has 0 bridgehead atoms. The van der Waals surface area contributed by atoms with Gasteiger partial charge in [-0.3, -0.25) is 0 Å². The number of nitriles is 1. The number of hydrogen-bond donors (Lipinski definition) is 0. The molecule has 4 rings (SSSR count). The van der Waals surface area contributed by atoms with Crippen LogP contribution in [0, 0.1) is 11.3 Å². The monoisotopic (exact) mass is 294 g/mol. The zero-order valence-corrected chi connectivity index (χ0v) is 12.5. The first-order valence-electron chi connectivity index (χ1n) is 7.88. The van der Waals surface area contributed by atoms with Crippen LogP contribution in [-0.4, -0.2) is 10.1 Å². The molecule has 2 aromatic rings. The molecule has 1 aliphatic carbocycles. The average molecular weight is 294 g/mol. The average Bonchev–Trinajstić information content (AvgIpc) is 3.22. The second-order valence-electron chi connectivity index (χ2n) is 6.28. The van der Waals surface area contributed by atoms with Gasteiger partial charge in [0.25, 0.3) is 5.95 Å². The first-order chi connectivity index (χ1) is 10.8. The van der Waals surface area contributed by atoms with E-state index in [-0.39, 0.29) is 0 Å². The summed E-state index contributed by atoms with van der Waals surface area (Å²) in [5.41, 5.74) is 2.04. The Morgan fingerprint density at radius 3 is 2.41 bits per heavy atom. The Hall–Kier alpha value is -2.35. The summed E-state index contributed by atoms with van der Waals surface area (Å²) >= 11 is 0. The fourth-order valence-electron chi connectivity index (χ4n) is 3.54. The topological polar surface area (TPSA) is 66.0 Å². The zero-order valence-electron chi connectivity index (χ0n) is 12.5. The second kappa shape index (κ2) is 5.13. The van der Waals surface area contributed by atoms with Crippen molar-refractivity contribution in [3.8, 4) is 6.07 Å². The minimum absolute atomic E-state index is 0.501. The fourth-order valence-corrected chi connectivity index (χ4v) is 3.54. The van der Waals surface area contributed by atoms with Gasteiger partial charge in [-0.25, -0.2) is 0 Å². The molecular weight excluding hydrogens is 276 g/mol. The van der Waals surface area contributed by atoms with Gasteiger partial charge in [0.15, 0.2) is 0 Å². The number of fused-ring (bicyclic) bond motifs is 1. The Morgan fingerprint density at radius 1 is 1.09 bits per heavy atom. The molecule has 112 valence electrons. The molecule has 0 N–H and O–H groups in total. The predicted molar refractivity (Wildman–Crippen MR) is 81.0 cm³/mol. The van der Waals surface area contributed by atoms with Crippen molar-refractivity contribution >= 4 is 5.95 Å². The molecule has 1 saturated carbocycles. The molecule has 1 aliphatic heterocycles. The molecule has 0 saturated heterocycles. The Kier molecular flexibility index (Phi) is 3.11. The van der Waals surface area contributed by atoms with Crippen molar-refractivity contribution in [2.75, 3.05) is 4.90 Å². The first-order valence-corrected chi connectivity index (χ1v) is 7.88. The summed E-state index contributed by atoms with van der Waals surface area (Å²) in [5.74, 6) is 1.10. The predicted octanol–water partition coefficient (Wildman–Crippen LogP) is 3.32. The lowest BCUT2D eigenvalue weighted by molar-refractivity contribution is 0.264. The highest BCUT2D eigenvalue weighted by atomic mass is 16.5. The van der Waals surface area contributed by atoms with Crippen molar-refractivity contribution in [3.05, 3.63) is 41.3 Å².